The molecule has 0 spiro atoms. The summed E-state index contributed by atoms with van der Waals surface area (Å²) in [5, 5.41) is 0. The number of rotatable bonds is 12. The standard InChI is InChI=1S/C22H42O2Si/c1-19(2)25(20(3)4,21(5)6)18-16-14-12-10-8-9-11-13-15-17-24-22(7)23/h19-21H,8-15,17H2,1-7H3. The van der Waals surface area contributed by atoms with Crippen molar-refractivity contribution in [3.05, 3.63) is 0 Å². The van der Waals surface area contributed by atoms with Gasteiger partial charge in [-0.1, -0.05) is 73.6 Å². The van der Waals surface area contributed by atoms with Crippen LogP contribution in [0.15, 0.2) is 0 Å². The molecule has 0 fully saturated rings. The van der Waals surface area contributed by atoms with Crippen molar-refractivity contribution in [3.63, 3.8) is 0 Å². The van der Waals surface area contributed by atoms with Crippen LogP contribution in [0.4, 0.5) is 0 Å². The second-order valence-electron chi connectivity index (χ2n) is 8.26. The zero-order chi connectivity index (χ0) is 19.3. The third-order valence-corrected chi connectivity index (χ3v) is 11.8. The second-order valence-corrected chi connectivity index (χ2v) is 13.8. The monoisotopic (exact) mass is 366 g/mol. The molecule has 0 saturated heterocycles. The molecule has 0 bridgehead atoms. The highest BCUT2D eigenvalue weighted by molar-refractivity contribution is 6.90. The van der Waals surface area contributed by atoms with Crippen molar-refractivity contribution in [3.8, 4) is 11.5 Å². The van der Waals surface area contributed by atoms with Crippen molar-refractivity contribution < 1.29 is 9.53 Å². The third kappa shape index (κ3) is 9.49. The lowest BCUT2D eigenvalue weighted by molar-refractivity contribution is -0.141. The SMILES string of the molecule is CC(=O)OCCCCCCCCCC#C[Si](C(C)C)(C(C)C)C(C)C. The summed E-state index contributed by atoms with van der Waals surface area (Å²) < 4.78 is 4.94. The largest absolute Gasteiger partial charge is 0.466 e. The van der Waals surface area contributed by atoms with Crippen molar-refractivity contribution in [2.24, 2.45) is 0 Å². The first-order valence-corrected chi connectivity index (χ1v) is 12.6. The predicted octanol–water partition coefficient (Wildman–Crippen LogP) is 6.89. The van der Waals surface area contributed by atoms with Crippen LogP contribution in [0.2, 0.25) is 16.6 Å². The van der Waals surface area contributed by atoms with Gasteiger partial charge in [0.05, 0.1) is 6.61 Å². The molecular weight excluding hydrogens is 324 g/mol. The number of ether oxygens (including phenoxy) is 1. The molecule has 3 heteroatoms. The summed E-state index contributed by atoms with van der Waals surface area (Å²) in [6.45, 7) is 16.3. The summed E-state index contributed by atoms with van der Waals surface area (Å²) in [5.41, 5.74) is 6.00. The summed E-state index contributed by atoms with van der Waals surface area (Å²) in [6, 6.07) is 0. The van der Waals surface area contributed by atoms with Crippen molar-refractivity contribution in [1.82, 2.24) is 0 Å². The number of hydrogen-bond donors (Lipinski definition) is 0. The molecule has 0 aromatic heterocycles. The van der Waals surface area contributed by atoms with Crippen LogP contribution in [0.1, 0.15) is 99.8 Å². The van der Waals surface area contributed by atoms with E-state index in [1.54, 1.807) is 0 Å². The third-order valence-electron chi connectivity index (χ3n) is 5.42. The Balaban J connectivity index is 3.94. The van der Waals surface area contributed by atoms with Gasteiger partial charge < -0.3 is 4.74 Å². The van der Waals surface area contributed by atoms with Gasteiger partial charge in [-0.3, -0.25) is 4.79 Å². The summed E-state index contributed by atoms with van der Waals surface area (Å²) >= 11 is 0. The molecule has 0 aliphatic heterocycles. The maximum Gasteiger partial charge on any atom is 0.302 e. The van der Waals surface area contributed by atoms with Gasteiger partial charge >= 0.3 is 5.97 Å². The molecule has 0 saturated carbocycles. The number of carbonyl (C=O) groups is 1. The van der Waals surface area contributed by atoms with E-state index in [0.717, 1.165) is 29.5 Å². The van der Waals surface area contributed by atoms with Gasteiger partial charge in [0.25, 0.3) is 0 Å². The zero-order valence-corrected chi connectivity index (χ0v) is 18.9. The fourth-order valence-corrected chi connectivity index (χ4v) is 9.36. The van der Waals surface area contributed by atoms with Gasteiger partial charge in [0.1, 0.15) is 8.07 Å². The van der Waals surface area contributed by atoms with Crippen LogP contribution >= 0.6 is 0 Å². The number of hydrogen-bond acceptors (Lipinski definition) is 2. The average molecular weight is 367 g/mol. The molecule has 0 aromatic carbocycles. The molecule has 0 unspecified atom stereocenters. The summed E-state index contributed by atoms with van der Waals surface area (Å²) in [6.07, 6.45) is 9.59. The Morgan fingerprint density at radius 1 is 0.800 bits per heavy atom. The second kappa shape index (κ2) is 13.5. The van der Waals surface area contributed by atoms with Gasteiger partial charge in [0.2, 0.25) is 0 Å². The molecule has 2 nitrogen and oxygen atoms in total. The van der Waals surface area contributed by atoms with E-state index in [2.05, 4.69) is 53.0 Å². The highest BCUT2D eigenvalue weighted by atomic mass is 28.3. The topological polar surface area (TPSA) is 26.3 Å². The lowest BCUT2D eigenvalue weighted by atomic mass is 10.1. The Morgan fingerprint density at radius 3 is 1.68 bits per heavy atom. The fourth-order valence-electron chi connectivity index (χ4n) is 4.06. The summed E-state index contributed by atoms with van der Waals surface area (Å²) in [7, 11) is -1.53. The van der Waals surface area contributed by atoms with Crippen molar-refractivity contribution in [2.75, 3.05) is 6.61 Å². The molecule has 0 aromatic rings. The van der Waals surface area contributed by atoms with E-state index in [9.17, 15) is 4.79 Å². The van der Waals surface area contributed by atoms with Gasteiger partial charge in [-0.05, 0) is 29.5 Å². The Hall–Kier alpha value is -0.753. The Morgan fingerprint density at radius 2 is 1.24 bits per heavy atom. The van der Waals surface area contributed by atoms with Crippen molar-refractivity contribution >= 4 is 14.0 Å². The lowest BCUT2D eigenvalue weighted by Crippen LogP contribution is -2.43. The van der Waals surface area contributed by atoms with Crippen LogP contribution in [-0.4, -0.2) is 20.7 Å². The van der Waals surface area contributed by atoms with Crippen LogP contribution < -0.4 is 0 Å². The number of esters is 1. The first-order valence-electron chi connectivity index (χ1n) is 10.4. The summed E-state index contributed by atoms with van der Waals surface area (Å²) in [4.78, 5) is 10.6. The van der Waals surface area contributed by atoms with E-state index in [4.69, 9.17) is 4.74 Å². The van der Waals surface area contributed by atoms with E-state index in [0.29, 0.717) is 6.61 Å². The molecule has 0 radical (unpaired) electrons. The molecule has 0 aliphatic carbocycles. The number of carbonyl (C=O) groups excluding carboxylic acids is 1. The minimum atomic E-state index is -1.53. The maximum atomic E-state index is 10.6. The Bertz CT molecular complexity index is 394. The van der Waals surface area contributed by atoms with E-state index < -0.39 is 8.07 Å². The fraction of sp³-hybridized carbons (Fsp3) is 0.864. The maximum absolute atomic E-state index is 10.6. The molecule has 0 aliphatic rings. The first kappa shape index (κ1) is 24.2. The van der Waals surface area contributed by atoms with Crippen LogP contribution in [-0.2, 0) is 9.53 Å². The van der Waals surface area contributed by atoms with Gasteiger partial charge in [0.15, 0.2) is 0 Å². The van der Waals surface area contributed by atoms with Gasteiger partial charge in [-0.15, -0.1) is 11.5 Å². The zero-order valence-electron chi connectivity index (χ0n) is 17.9. The minimum Gasteiger partial charge on any atom is -0.466 e. The molecule has 0 atom stereocenters. The van der Waals surface area contributed by atoms with Gasteiger partial charge in [0, 0.05) is 13.3 Å². The highest BCUT2D eigenvalue weighted by Gasteiger charge is 2.41. The van der Waals surface area contributed by atoms with E-state index >= 15 is 0 Å². The van der Waals surface area contributed by atoms with Crippen LogP contribution in [0.3, 0.4) is 0 Å². The smallest absolute Gasteiger partial charge is 0.302 e. The summed E-state index contributed by atoms with van der Waals surface area (Å²) in [5.74, 6) is 3.40. The predicted molar refractivity (Wildman–Crippen MR) is 112 cm³/mol. The average Bonchev–Trinajstić information content (AvgIpc) is 2.50. The molecular formula is C22H42O2Si. The number of unbranched alkanes of at least 4 members (excludes halogenated alkanes) is 7. The van der Waals surface area contributed by atoms with Crippen LogP contribution in [0, 0.1) is 11.5 Å². The van der Waals surface area contributed by atoms with Gasteiger partial charge in [-0.25, -0.2) is 0 Å². The quantitative estimate of drug-likeness (QED) is 0.163. The Labute approximate surface area is 158 Å². The molecule has 0 heterocycles. The van der Waals surface area contributed by atoms with Crippen molar-refractivity contribution in [1.29, 1.82) is 0 Å². The molecule has 0 amide bonds. The lowest BCUT2D eigenvalue weighted by Gasteiger charge is -2.38. The van der Waals surface area contributed by atoms with E-state index in [1.165, 1.54) is 45.4 Å². The minimum absolute atomic E-state index is 0.166. The van der Waals surface area contributed by atoms with E-state index in [1.807, 2.05) is 0 Å². The van der Waals surface area contributed by atoms with E-state index in [-0.39, 0.29) is 5.97 Å². The highest BCUT2D eigenvalue weighted by Crippen LogP contribution is 2.40. The molecule has 25 heavy (non-hydrogen) atoms. The van der Waals surface area contributed by atoms with Crippen LogP contribution in [0.25, 0.3) is 0 Å². The normalized spacial score (nSPS) is 11.8. The molecule has 0 rings (SSSR count). The first-order chi connectivity index (χ1) is 11.7. The Kier molecular flexibility index (Phi) is 13.0. The van der Waals surface area contributed by atoms with Crippen LogP contribution in [0.5, 0.6) is 0 Å². The molecule has 146 valence electrons. The molecule has 0 N–H and O–H groups in total. The van der Waals surface area contributed by atoms with Crippen molar-refractivity contribution in [2.45, 2.75) is 116 Å². The van der Waals surface area contributed by atoms with Gasteiger partial charge in [-0.2, -0.15) is 0 Å².